The van der Waals surface area contributed by atoms with E-state index in [4.69, 9.17) is 0 Å². The molecular weight excluding hydrogens is 144 g/mol. The fourth-order valence-electron chi connectivity index (χ4n) is 0.932. The van der Waals surface area contributed by atoms with Crippen LogP contribution >= 0.6 is 0 Å². The molecule has 0 rings (SSSR count). The summed E-state index contributed by atoms with van der Waals surface area (Å²) >= 11 is 0. The zero-order valence-corrected chi connectivity index (χ0v) is 9.35. The Kier molecular flexibility index (Phi) is 5.28. The summed E-state index contributed by atoms with van der Waals surface area (Å²) in [7, 11) is 0. The van der Waals surface area contributed by atoms with Crippen LogP contribution in [0.15, 0.2) is 12.2 Å². The fraction of sp³-hybridized carbons (Fsp3) is 0.833. The number of hydrogen-bond acceptors (Lipinski definition) is 0. The summed E-state index contributed by atoms with van der Waals surface area (Å²) in [5.41, 5.74) is 0.450. The van der Waals surface area contributed by atoms with Crippen LogP contribution in [0.25, 0.3) is 0 Å². The summed E-state index contributed by atoms with van der Waals surface area (Å²) < 4.78 is 0. The molecule has 0 aromatic heterocycles. The molecule has 0 heterocycles. The first-order valence-electron chi connectivity index (χ1n) is 5.10. The Labute approximate surface area is 78.1 Å². The molecule has 0 bridgehead atoms. The van der Waals surface area contributed by atoms with Gasteiger partial charge in [0.2, 0.25) is 0 Å². The maximum atomic E-state index is 2.33. The molecule has 0 nitrogen and oxygen atoms in total. The van der Waals surface area contributed by atoms with E-state index in [9.17, 15) is 0 Å². The van der Waals surface area contributed by atoms with Gasteiger partial charge in [0.05, 0.1) is 0 Å². The number of hydrogen-bond donors (Lipinski definition) is 0. The van der Waals surface area contributed by atoms with Gasteiger partial charge in [0.15, 0.2) is 0 Å². The molecule has 0 aliphatic rings. The van der Waals surface area contributed by atoms with Crippen molar-refractivity contribution >= 4 is 0 Å². The van der Waals surface area contributed by atoms with Gasteiger partial charge in [-0.1, -0.05) is 53.2 Å². The third-order valence-electron chi connectivity index (χ3n) is 2.13. The topological polar surface area (TPSA) is 0 Å². The molecule has 0 fully saturated rings. The molecule has 72 valence electrons. The van der Waals surface area contributed by atoms with Crippen LogP contribution in [0.2, 0.25) is 0 Å². The van der Waals surface area contributed by atoms with E-state index in [1.807, 2.05) is 0 Å². The highest BCUT2D eigenvalue weighted by Gasteiger charge is 2.06. The molecule has 0 aromatic carbocycles. The summed E-state index contributed by atoms with van der Waals surface area (Å²) in [4.78, 5) is 0. The predicted octanol–water partition coefficient (Wildman–Crippen LogP) is 4.42. The Balaban J connectivity index is 3.50. The van der Waals surface area contributed by atoms with Gasteiger partial charge in [-0.15, -0.1) is 0 Å². The van der Waals surface area contributed by atoms with E-state index < -0.39 is 0 Å². The van der Waals surface area contributed by atoms with Crippen molar-refractivity contribution in [3.05, 3.63) is 12.2 Å². The predicted molar refractivity (Wildman–Crippen MR) is 57.3 cm³/mol. The van der Waals surface area contributed by atoms with Crippen LogP contribution in [0.1, 0.15) is 53.9 Å². The lowest BCUT2D eigenvalue weighted by atomic mass is 9.92. The second-order valence-electron chi connectivity index (χ2n) is 4.99. The molecule has 12 heavy (non-hydrogen) atoms. The first-order valence-corrected chi connectivity index (χ1v) is 5.10. The zero-order valence-electron chi connectivity index (χ0n) is 9.35. The monoisotopic (exact) mass is 168 g/mol. The lowest BCUT2D eigenvalue weighted by Gasteiger charge is -2.14. The SMILES string of the molecule is CCC(C)CC=CCC(C)(C)C. The van der Waals surface area contributed by atoms with Gasteiger partial charge in [0.1, 0.15) is 0 Å². The van der Waals surface area contributed by atoms with Crippen molar-refractivity contribution in [3.8, 4) is 0 Å². The van der Waals surface area contributed by atoms with E-state index in [1.54, 1.807) is 0 Å². The average Bonchev–Trinajstić information content (AvgIpc) is 1.96. The van der Waals surface area contributed by atoms with Gasteiger partial charge in [-0.25, -0.2) is 0 Å². The summed E-state index contributed by atoms with van der Waals surface area (Å²) in [5.74, 6) is 0.848. The van der Waals surface area contributed by atoms with E-state index in [-0.39, 0.29) is 0 Å². The van der Waals surface area contributed by atoms with E-state index in [0.29, 0.717) is 5.41 Å². The van der Waals surface area contributed by atoms with Crippen LogP contribution < -0.4 is 0 Å². The quantitative estimate of drug-likeness (QED) is 0.545. The molecule has 0 radical (unpaired) electrons. The number of allylic oxidation sites excluding steroid dienone is 2. The van der Waals surface area contributed by atoms with Gasteiger partial charge in [0, 0.05) is 0 Å². The van der Waals surface area contributed by atoms with E-state index in [1.165, 1.54) is 19.3 Å². The first-order chi connectivity index (χ1) is 5.45. The van der Waals surface area contributed by atoms with Crippen molar-refractivity contribution in [2.45, 2.75) is 53.9 Å². The summed E-state index contributed by atoms with van der Waals surface area (Å²) in [6, 6.07) is 0. The van der Waals surface area contributed by atoms with E-state index in [2.05, 4.69) is 46.8 Å². The average molecular weight is 168 g/mol. The van der Waals surface area contributed by atoms with Crippen molar-refractivity contribution in [2.24, 2.45) is 11.3 Å². The third-order valence-corrected chi connectivity index (χ3v) is 2.13. The standard InChI is InChI=1S/C12H24/c1-6-11(2)9-7-8-10-12(3,4)5/h7-8,11H,6,9-10H2,1-5H3. The maximum absolute atomic E-state index is 2.33. The van der Waals surface area contributed by atoms with Crippen LogP contribution in [-0.2, 0) is 0 Å². The van der Waals surface area contributed by atoms with Crippen molar-refractivity contribution in [1.29, 1.82) is 0 Å². The van der Waals surface area contributed by atoms with Crippen LogP contribution in [0.5, 0.6) is 0 Å². The Morgan fingerprint density at radius 1 is 1.17 bits per heavy atom. The largest absolute Gasteiger partial charge is 0.0883 e. The van der Waals surface area contributed by atoms with Crippen LogP contribution in [-0.4, -0.2) is 0 Å². The lowest BCUT2D eigenvalue weighted by molar-refractivity contribution is 0.419. The summed E-state index contributed by atoms with van der Waals surface area (Å²) in [5, 5.41) is 0. The Morgan fingerprint density at radius 2 is 1.75 bits per heavy atom. The highest BCUT2D eigenvalue weighted by atomic mass is 14.1. The number of rotatable bonds is 4. The molecule has 0 N–H and O–H groups in total. The Morgan fingerprint density at radius 3 is 2.17 bits per heavy atom. The molecule has 0 aliphatic carbocycles. The molecule has 0 saturated carbocycles. The van der Waals surface area contributed by atoms with Gasteiger partial charge in [0.25, 0.3) is 0 Å². The second kappa shape index (κ2) is 5.40. The smallest absolute Gasteiger partial charge is 0.0302 e. The minimum atomic E-state index is 0.450. The summed E-state index contributed by atoms with van der Waals surface area (Å²) in [6.07, 6.45) is 8.39. The molecule has 0 heteroatoms. The van der Waals surface area contributed by atoms with E-state index in [0.717, 1.165) is 5.92 Å². The normalized spacial score (nSPS) is 15.4. The van der Waals surface area contributed by atoms with Gasteiger partial charge in [-0.3, -0.25) is 0 Å². The molecular formula is C12H24. The molecule has 1 unspecified atom stereocenters. The van der Waals surface area contributed by atoms with Crippen molar-refractivity contribution < 1.29 is 0 Å². The van der Waals surface area contributed by atoms with Crippen LogP contribution in [0.3, 0.4) is 0 Å². The van der Waals surface area contributed by atoms with Gasteiger partial charge >= 0.3 is 0 Å². The molecule has 0 aromatic rings. The molecule has 0 saturated heterocycles. The zero-order chi connectivity index (χ0) is 9.61. The minimum Gasteiger partial charge on any atom is -0.0883 e. The summed E-state index contributed by atoms with van der Waals surface area (Å²) in [6.45, 7) is 11.4. The third kappa shape index (κ3) is 7.84. The molecule has 0 spiro atoms. The highest BCUT2D eigenvalue weighted by Crippen LogP contribution is 2.19. The highest BCUT2D eigenvalue weighted by molar-refractivity contribution is 4.86. The van der Waals surface area contributed by atoms with Crippen molar-refractivity contribution in [2.75, 3.05) is 0 Å². The second-order valence-corrected chi connectivity index (χ2v) is 4.99. The minimum absolute atomic E-state index is 0.450. The van der Waals surface area contributed by atoms with Gasteiger partial charge in [-0.2, -0.15) is 0 Å². The van der Waals surface area contributed by atoms with Crippen LogP contribution in [0, 0.1) is 11.3 Å². The Bertz CT molecular complexity index is 125. The van der Waals surface area contributed by atoms with Gasteiger partial charge in [-0.05, 0) is 24.2 Å². The van der Waals surface area contributed by atoms with Crippen molar-refractivity contribution in [1.82, 2.24) is 0 Å². The lowest BCUT2D eigenvalue weighted by Crippen LogP contribution is -2.01. The molecule has 1 atom stereocenters. The maximum Gasteiger partial charge on any atom is -0.0302 e. The first kappa shape index (κ1) is 11.7. The van der Waals surface area contributed by atoms with Crippen molar-refractivity contribution in [3.63, 3.8) is 0 Å². The fourth-order valence-corrected chi connectivity index (χ4v) is 0.932. The van der Waals surface area contributed by atoms with Gasteiger partial charge < -0.3 is 0 Å². The van der Waals surface area contributed by atoms with E-state index >= 15 is 0 Å². The van der Waals surface area contributed by atoms with Crippen LogP contribution in [0.4, 0.5) is 0 Å². The molecule has 0 amide bonds. The molecule has 0 aliphatic heterocycles. The Hall–Kier alpha value is -0.260.